The zero-order valence-electron chi connectivity index (χ0n) is 17.4. The van der Waals surface area contributed by atoms with Gasteiger partial charge < -0.3 is 10.1 Å². The molecular weight excluding hydrogens is 436 g/mol. The number of amides is 1. The van der Waals surface area contributed by atoms with Crippen LogP contribution in [0.3, 0.4) is 0 Å². The van der Waals surface area contributed by atoms with Crippen molar-refractivity contribution >= 4 is 38.9 Å². The summed E-state index contributed by atoms with van der Waals surface area (Å²) in [6, 6.07) is 13.0. The van der Waals surface area contributed by atoms with Gasteiger partial charge in [0.15, 0.2) is 5.11 Å². The van der Waals surface area contributed by atoms with Crippen LogP contribution in [0, 0.1) is 5.92 Å². The predicted octanol–water partition coefficient (Wildman–Crippen LogP) is 2.75. The highest BCUT2D eigenvalue weighted by Gasteiger charge is 2.28. The number of carbonyl (C=O) groups is 1. The van der Waals surface area contributed by atoms with E-state index in [2.05, 4.69) is 23.1 Å². The number of hydrogen-bond donors (Lipinski definition) is 3. The molecule has 1 fully saturated rings. The SMILES string of the molecule is COc1ccc(NC(=S)NNC(=O)c2ccc(S(=O)(=O)N3CCC(C)CC3)cc2)cc1. The second-order valence-electron chi connectivity index (χ2n) is 7.37. The number of nitrogens with one attached hydrogen (secondary N) is 3. The van der Waals surface area contributed by atoms with Gasteiger partial charge in [-0.25, -0.2) is 8.42 Å². The molecular formula is C21H26N4O4S2. The molecule has 3 rings (SSSR count). The van der Waals surface area contributed by atoms with Crippen molar-refractivity contribution in [3.05, 3.63) is 54.1 Å². The van der Waals surface area contributed by atoms with Crippen LogP contribution in [0.5, 0.6) is 5.75 Å². The smallest absolute Gasteiger partial charge is 0.269 e. The van der Waals surface area contributed by atoms with Crippen molar-refractivity contribution < 1.29 is 17.9 Å². The topological polar surface area (TPSA) is 99.8 Å². The molecule has 31 heavy (non-hydrogen) atoms. The largest absolute Gasteiger partial charge is 0.497 e. The Bertz CT molecular complexity index is 1020. The molecule has 1 saturated heterocycles. The summed E-state index contributed by atoms with van der Waals surface area (Å²) in [7, 11) is -1.96. The maximum Gasteiger partial charge on any atom is 0.269 e. The van der Waals surface area contributed by atoms with E-state index in [9.17, 15) is 13.2 Å². The molecule has 3 N–H and O–H groups in total. The molecule has 0 radical (unpaired) electrons. The first kappa shape index (κ1) is 23.0. The summed E-state index contributed by atoms with van der Waals surface area (Å²) in [6.45, 7) is 3.17. The molecule has 2 aromatic carbocycles. The number of methoxy groups -OCH3 is 1. The number of benzene rings is 2. The molecule has 0 saturated carbocycles. The highest BCUT2D eigenvalue weighted by atomic mass is 32.2. The Balaban J connectivity index is 1.54. The molecule has 1 amide bonds. The maximum atomic E-state index is 12.8. The van der Waals surface area contributed by atoms with E-state index in [-0.39, 0.29) is 10.0 Å². The van der Waals surface area contributed by atoms with E-state index in [1.807, 2.05) is 0 Å². The molecule has 1 aliphatic heterocycles. The number of nitrogens with zero attached hydrogens (tertiary/aromatic N) is 1. The minimum absolute atomic E-state index is 0.184. The summed E-state index contributed by atoms with van der Waals surface area (Å²) >= 11 is 5.16. The lowest BCUT2D eigenvalue weighted by atomic mass is 10.0. The van der Waals surface area contributed by atoms with Crippen LogP contribution in [0.1, 0.15) is 30.1 Å². The standard InChI is InChI=1S/C21H26N4O4S2/c1-15-11-13-25(14-12-15)31(27,28)19-9-3-16(4-10-19)20(26)23-24-21(30)22-17-5-7-18(29-2)8-6-17/h3-10,15H,11-14H2,1-2H3,(H,23,26)(H2,22,24,30). The maximum absolute atomic E-state index is 12.8. The van der Waals surface area contributed by atoms with Gasteiger partial charge in [-0.1, -0.05) is 6.92 Å². The number of hydrazine groups is 1. The third-order valence-corrected chi connectivity index (χ3v) is 7.25. The molecule has 2 aromatic rings. The van der Waals surface area contributed by atoms with Crippen molar-refractivity contribution in [1.82, 2.24) is 15.2 Å². The fraction of sp³-hybridized carbons (Fsp3) is 0.333. The monoisotopic (exact) mass is 462 g/mol. The van der Waals surface area contributed by atoms with Crippen LogP contribution in [0.2, 0.25) is 0 Å². The van der Waals surface area contributed by atoms with E-state index < -0.39 is 15.9 Å². The van der Waals surface area contributed by atoms with Gasteiger partial charge in [-0.2, -0.15) is 4.31 Å². The fourth-order valence-corrected chi connectivity index (χ4v) is 4.81. The van der Waals surface area contributed by atoms with Gasteiger partial charge in [0.25, 0.3) is 5.91 Å². The van der Waals surface area contributed by atoms with Crippen LogP contribution in [0.25, 0.3) is 0 Å². The second kappa shape index (κ2) is 10.1. The lowest BCUT2D eigenvalue weighted by Crippen LogP contribution is -2.43. The van der Waals surface area contributed by atoms with E-state index in [4.69, 9.17) is 17.0 Å². The molecule has 8 nitrogen and oxygen atoms in total. The van der Waals surface area contributed by atoms with Crippen LogP contribution in [-0.4, -0.2) is 43.9 Å². The van der Waals surface area contributed by atoms with Gasteiger partial charge in [0.1, 0.15) is 5.75 Å². The van der Waals surface area contributed by atoms with Crippen molar-refractivity contribution in [3.63, 3.8) is 0 Å². The third kappa shape index (κ3) is 5.93. The van der Waals surface area contributed by atoms with E-state index in [1.165, 1.54) is 28.6 Å². The number of ether oxygens (including phenoxy) is 1. The van der Waals surface area contributed by atoms with Crippen LogP contribution >= 0.6 is 12.2 Å². The fourth-order valence-electron chi connectivity index (χ4n) is 3.18. The minimum Gasteiger partial charge on any atom is -0.497 e. The number of anilines is 1. The predicted molar refractivity (Wildman–Crippen MR) is 123 cm³/mol. The minimum atomic E-state index is -3.55. The molecule has 0 atom stereocenters. The first-order valence-corrected chi connectivity index (χ1v) is 11.8. The van der Waals surface area contributed by atoms with Crippen molar-refractivity contribution in [1.29, 1.82) is 0 Å². The number of sulfonamides is 1. The summed E-state index contributed by atoms with van der Waals surface area (Å²) in [4.78, 5) is 12.5. The zero-order valence-corrected chi connectivity index (χ0v) is 19.1. The van der Waals surface area contributed by atoms with E-state index in [1.54, 1.807) is 31.4 Å². The van der Waals surface area contributed by atoms with Crippen LogP contribution in [-0.2, 0) is 10.0 Å². The first-order chi connectivity index (χ1) is 14.8. The van der Waals surface area contributed by atoms with Gasteiger partial charge in [0, 0.05) is 24.3 Å². The number of hydrogen-bond acceptors (Lipinski definition) is 5. The van der Waals surface area contributed by atoms with Gasteiger partial charge >= 0.3 is 0 Å². The Kier molecular flexibility index (Phi) is 7.47. The highest BCUT2D eigenvalue weighted by molar-refractivity contribution is 7.89. The molecule has 10 heteroatoms. The summed E-state index contributed by atoms with van der Waals surface area (Å²) in [5.74, 6) is 0.822. The van der Waals surface area contributed by atoms with Gasteiger partial charge in [0.05, 0.1) is 12.0 Å². The summed E-state index contributed by atoms with van der Waals surface area (Å²) in [6.07, 6.45) is 1.71. The number of rotatable bonds is 5. The van der Waals surface area contributed by atoms with E-state index >= 15 is 0 Å². The third-order valence-electron chi connectivity index (χ3n) is 5.13. The molecule has 0 aromatic heterocycles. The zero-order chi connectivity index (χ0) is 22.4. The molecule has 166 valence electrons. The second-order valence-corrected chi connectivity index (χ2v) is 9.72. The van der Waals surface area contributed by atoms with Crippen molar-refractivity contribution in [2.45, 2.75) is 24.7 Å². The Labute approximate surface area is 188 Å². The van der Waals surface area contributed by atoms with Crippen LogP contribution < -0.4 is 20.9 Å². The number of carbonyl (C=O) groups excluding carboxylic acids is 1. The quantitative estimate of drug-likeness (QED) is 0.464. The van der Waals surface area contributed by atoms with Gasteiger partial charge in [-0.15, -0.1) is 0 Å². The van der Waals surface area contributed by atoms with E-state index in [0.717, 1.165) is 24.3 Å². The summed E-state index contributed by atoms with van der Waals surface area (Å²) in [5, 5.41) is 3.14. The Morgan fingerprint density at radius 2 is 1.65 bits per heavy atom. The lowest BCUT2D eigenvalue weighted by Gasteiger charge is -2.29. The van der Waals surface area contributed by atoms with Gasteiger partial charge in [-0.05, 0) is 79.5 Å². The average Bonchev–Trinajstić information content (AvgIpc) is 2.78. The van der Waals surface area contributed by atoms with Crippen molar-refractivity contribution in [3.8, 4) is 5.75 Å². The number of piperidine rings is 1. The van der Waals surface area contributed by atoms with Crippen molar-refractivity contribution in [2.75, 3.05) is 25.5 Å². The highest BCUT2D eigenvalue weighted by Crippen LogP contribution is 2.23. The summed E-state index contributed by atoms with van der Waals surface area (Å²) in [5.41, 5.74) is 6.15. The molecule has 0 unspecified atom stereocenters. The normalized spacial score (nSPS) is 15.2. The number of thiocarbonyl (C=S) groups is 1. The van der Waals surface area contributed by atoms with Gasteiger partial charge in [0.2, 0.25) is 10.0 Å². The first-order valence-electron chi connectivity index (χ1n) is 9.91. The average molecular weight is 463 g/mol. The Morgan fingerprint density at radius 1 is 1.03 bits per heavy atom. The van der Waals surface area contributed by atoms with Gasteiger partial charge in [-0.3, -0.25) is 15.6 Å². The Morgan fingerprint density at radius 3 is 2.23 bits per heavy atom. The molecule has 1 aliphatic rings. The molecule has 0 aliphatic carbocycles. The summed E-state index contributed by atoms with van der Waals surface area (Å²) < 4.78 is 32.2. The molecule has 0 bridgehead atoms. The van der Waals surface area contributed by atoms with Crippen LogP contribution in [0.15, 0.2) is 53.4 Å². The van der Waals surface area contributed by atoms with E-state index in [0.29, 0.717) is 24.6 Å². The van der Waals surface area contributed by atoms with Crippen LogP contribution in [0.4, 0.5) is 5.69 Å². The van der Waals surface area contributed by atoms with Crippen molar-refractivity contribution in [2.24, 2.45) is 5.92 Å². The Hall–Kier alpha value is -2.69. The molecule has 1 heterocycles. The molecule has 0 spiro atoms. The lowest BCUT2D eigenvalue weighted by molar-refractivity contribution is 0.0944.